The van der Waals surface area contributed by atoms with Gasteiger partial charge in [0.05, 0.1) is 17.9 Å². The maximum atomic E-state index is 11.6. The molecule has 1 aromatic carbocycles. The third-order valence-corrected chi connectivity index (χ3v) is 3.16. The van der Waals surface area contributed by atoms with E-state index in [0.717, 1.165) is 0 Å². The van der Waals surface area contributed by atoms with Crippen LogP contribution >= 0.6 is 11.8 Å². The number of amides is 1. The van der Waals surface area contributed by atoms with E-state index < -0.39 is 0 Å². The zero-order valence-electron chi connectivity index (χ0n) is 10.4. The number of carbonyl (C=O) groups excluding carboxylic acids is 2. The summed E-state index contributed by atoms with van der Waals surface area (Å²) in [5.74, 6) is -0.365. The van der Waals surface area contributed by atoms with Gasteiger partial charge in [0.2, 0.25) is 0 Å². The first-order valence-electron chi connectivity index (χ1n) is 5.48. The highest BCUT2D eigenvalue weighted by Gasteiger charge is 2.12. The lowest BCUT2D eigenvalue weighted by Crippen LogP contribution is -2.19. The number of esters is 1. The largest absolute Gasteiger partial charge is 0.465 e. The Bertz CT molecular complexity index is 449. The molecule has 0 aliphatic rings. The minimum atomic E-state index is -0.312. The van der Waals surface area contributed by atoms with E-state index in [-0.39, 0.29) is 17.6 Å². The first-order chi connectivity index (χ1) is 8.58. The average molecular weight is 268 g/mol. The molecule has 18 heavy (non-hydrogen) atoms. The first-order valence-corrected chi connectivity index (χ1v) is 6.47. The fraction of sp³-hybridized carbons (Fsp3) is 0.333. The second-order valence-corrected chi connectivity index (χ2v) is 4.45. The second-order valence-electron chi connectivity index (χ2n) is 3.43. The summed E-state index contributed by atoms with van der Waals surface area (Å²) in [6.07, 6.45) is 0. The molecule has 0 radical (unpaired) electrons. The van der Waals surface area contributed by atoms with Crippen molar-refractivity contribution in [1.29, 1.82) is 0 Å². The maximum Gasteiger partial charge on any atom is 0.316 e. The van der Waals surface area contributed by atoms with E-state index in [0.29, 0.717) is 22.8 Å². The molecule has 1 aromatic rings. The average Bonchev–Trinajstić information content (AvgIpc) is 2.36. The molecule has 0 fully saturated rings. The fourth-order valence-electron chi connectivity index (χ4n) is 1.32. The van der Waals surface area contributed by atoms with E-state index in [4.69, 9.17) is 10.5 Å². The van der Waals surface area contributed by atoms with Crippen LogP contribution in [0.3, 0.4) is 0 Å². The number of thioether (sulfide) groups is 1. The van der Waals surface area contributed by atoms with Crippen LogP contribution in [0.1, 0.15) is 17.3 Å². The highest BCUT2D eigenvalue weighted by molar-refractivity contribution is 8.00. The number of hydrogen-bond acceptors (Lipinski definition) is 5. The van der Waals surface area contributed by atoms with Crippen molar-refractivity contribution in [2.45, 2.75) is 11.8 Å². The van der Waals surface area contributed by atoms with E-state index in [2.05, 4.69) is 5.32 Å². The van der Waals surface area contributed by atoms with E-state index >= 15 is 0 Å². The van der Waals surface area contributed by atoms with Crippen molar-refractivity contribution >= 4 is 29.3 Å². The number of ether oxygens (including phenoxy) is 1. The number of rotatable bonds is 5. The van der Waals surface area contributed by atoms with Crippen molar-refractivity contribution in [3.05, 3.63) is 23.8 Å². The Morgan fingerprint density at radius 1 is 1.44 bits per heavy atom. The summed E-state index contributed by atoms with van der Waals surface area (Å²) in [6, 6.07) is 4.97. The zero-order chi connectivity index (χ0) is 13.5. The molecule has 0 bridgehead atoms. The van der Waals surface area contributed by atoms with Gasteiger partial charge in [-0.25, -0.2) is 0 Å². The maximum absolute atomic E-state index is 11.6. The lowest BCUT2D eigenvalue weighted by atomic mass is 10.2. The van der Waals surface area contributed by atoms with E-state index in [9.17, 15) is 9.59 Å². The lowest BCUT2D eigenvalue weighted by molar-refractivity contribution is -0.139. The summed E-state index contributed by atoms with van der Waals surface area (Å²) >= 11 is 1.24. The number of carbonyl (C=O) groups is 2. The Morgan fingerprint density at radius 2 is 2.17 bits per heavy atom. The highest BCUT2D eigenvalue weighted by Crippen LogP contribution is 2.25. The Balaban J connectivity index is 2.82. The monoisotopic (exact) mass is 268 g/mol. The zero-order valence-corrected chi connectivity index (χ0v) is 11.2. The summed E-state index contributed by atoms with van der Waals surface area (Å²) in [4.78, 5) is 23.6. The predicted molar refractivity (Wildman–Crippen MR) is 71.6 cm³/mol. The molecule has 1 rings (SSSR count). The molecule has 0 unspecified atom stereocenters. The number of benzene rings is 1. The van der Waals surface area contributed by atoms with Crippen molar-refractivity contribution in [1.82, 2.24) is 5.32 Å². The number of nitrogens with two attached hydrogens (primary N) is 1. The van der Waals surface area contributed by atoms with Crippen LogP contribution in [-0.2, 0) is 9.53 Å². The molecular formula is C12H16N2O3S. The molecule has 1 amide bonds. The van der Waals surface area contributed by atoms with Crippen LogP contribution in [-0.4, -0.2) is 31.3 Å². The van der Waals surface area contributed by atoms with E-state index in [1.165, 1.54) is 11.8 Å². The lowest BCUT2D eigenvalue weighted by Gasteiger charge is -2.08. The van der Waals surface area contributed by atoms with Crippen LogP contribution in [0.15, 0.2) is 23.1 Å². The van der Waals surface area contributed by atoms with Crippen molar-refractivity contribution in [3.63, 3.8) is 0 Å². The summed E-state index contributed by atoms with van der Waals surface area (Å²) < 4.78 is 4.83. The molecule has 0 atom stereocenters. The Morgan fingerprint density at radius 3 is 2.78 bits per heavy atom. The standard InChI is InChI=1S/C12H16N2O3S/c1-3-17-11(15)7-18-10-6-8(13)4-5-9(10)12(16)14-2/h4-6H,3,7,13H2,1-2H3,(H,14,16). The highest BCUT2D eigenvalue weighted by atomic mass is 32.2. The van der Waals surface area contributed by atoms with Gasteiger partial charge in [-0.1, -0.05) is 0 Å². The summed E-state index contributed by atoms with van der Waals surface area (Å²) in [7, 11) is 1.55. The second kappa shape index (κ2) is 6.90. The minimum Gasteiger partial charge on any atom is -0.465 e. The van der Waals surface area contributed by atoms with Gasteiger partial charge in [-0.3, -0.25) is 9.59 Å². The molecule has 0 aliphatic carbocycles. The van der Waals surface area contributed by atoms with Crippen molar-refractivity contribution in [2.75, 3.05) is 25.1 Å². The Kier molecular flexibility index (Phi) is 5.51. The van der Waals surface area contributed by atoms with Gasteiger partial charge in [0, 0.05) is 17.6 Å². The first kappa shape index (κ1) is 14.4. The van der Waals surface area contributed by atoms with Gasteiger partial charge in [0.1, 0.15) is 0 Å². The van der Waals surface area contributed by atoms with Gasteiger partial charge in [0.15, 0.2) is 0 Å². The third kappa shape index (κ3) is 3.96. The number of nitrogens with one attached hydrogen (secondary N) is 1. The molecule has 3 N–H and O–H groups in total. The van der Waals surface area contributed by atoms with Gasteiger partial charge in [-0.05, 0) is 25.1 Å². The molecule has 98 valence electrons. The Hall–Kier alpha value is -1.69. The SMILES string of the molecule is CCOC(=O)CSc1cc(N)ccc1C(=O)NC. The van der Waals surface area contributed by atoms with Crippen molar-refractivity contribution in [2.24, 2.45) is 0 Å². The molecule has 5 nitrogen and oxygen atoms in total. The van der Waals surface area contributed by atoms with E-state index in [1.54, 1.807) is 32.2 Å². The molecule has 0 saturated carbocycles. The number of nitrogen functional groups attached to an aromatic ring is 1. The molecule has 0 aliphatic heterocycles. The van der Waals surface area contributed by atoms with Crippen molar-refractivity contribution in [3.8, 4) is 0 Å². The quantitative estimate of drug-likeness (QED) is 0.477. The summed E-state index contributed by atoms with van der Waals surface area (Å²) in [5.41, 5.74) is 6.72. The molecular weight excluding hydrogens is 252 g/mol. The molecule has 6 heteroatoms. The van der Waals surface area contributed by atoms with Crippen molar-refractivity contribution < 1.29 is 14.3 Å². The third-order valence-electron chi connectivity index (χ3n) is 2.13. The van der Waals surface area contributed by atoms with Gasteiger partial charge in [0.25, 0.3) is 5.91 Å². The molecule has 0 heterocycles. The van der Waals surface area contributed by atoms with E-state index in [1.807, 2.05) is 0 Å². The van der Waals surface area contributed by atoms with Crippen LogP contribution in [0.2, 0.25) is 0 Å². The molecule has 0 saturated heterocycles. The summed E-state index contributed by atoms with van der Waals surface area (Å²) in [6.45, 7) is 2.09. The van der Waals surface area contributed by atoms with Crippen LogP contribution in [0, 0.1) is 0 Å². The predicted octanol–water partition coefficient (Wildman–Crippen LogP) is 1.28. The minimum absolute atomic E-state index is 0.154. The summed E-state index contributed by atoms with van der Waals surface area (Å²) in [5, 5.41) is 2.54. The molecule has 0 spiro atoms. The van der Waals surface area contributed by atoms with Gasteiger partial charge < -0.3 is 15.8 Å². The molecule has 0 aromatic heterocycles. The van der Waals surface area contributed by atoms with Gasteiger partial charge in [-0.15, -0.1) is 11.8 Å². The number of hydrogen-bond donors (Lipinski definition) is 2. The van der Waals surface area contributed by atoms with Gasteiger partial charge in [-0.2, -0.15) is 0 Å². The topological polar surface area (TPSA) is 81.4 Å². The number of anilines is 1. The Labute approximate surface area is 110 Å². The normalized spacial score (nSPS) is 9.89. The van der Waals surface area contributed by atoms with Crippen LogP contribution in [0.5, 0.6) is 0 Å². The van der Waals surface area contributed by atoms with Crippen LogP contribution < -0.4 is 11.1 Å². The van der Waals surface area contributed by atoms with Crippen LogP contribution in [0.4, 0.5) is 5.69 Å². The van der Waals surface area contributed by atoms with Crippen LogP contribution in [0.25, 0.3) is 0 Å². The van der Waals surface area contributed by atoms with Gasteiger partial charge >= 0.3 is 5.97 Å². The smallest absolute Gasteiger partial charge is 0.316 e. The fourth-order valence-corrected chi connectivity index (χ4v) is 2.21.